The van der Waals surface area contributed by atoms with E-state index in [0.717, 1.165) is 36.5 Å². The summed E-state index contributed by atoms with van der Waals surface area (Å²) in [6.07, 6.45) is 5.86. The molecule has 0 aromatic carbocycles. The Morgan fingerprint density at radius 3 is 2.80 bits per heavy atom. The number of aryl methyl sites for hydroxylation is 1. The topological polar surface area (TPSA) is 64.9 Å². The average Bonchev–Trinajstić information content (AvgIpc) is 2.73. The number of fused-ring (bicyclic) bond motifs is 1. The molecule has 4 heteroatoms. The molecule has 0 spiro atoms. The summed E-state index contributed by atoms with van der Waals surface area (Å²) >= 11 is 0. The molecule has 2 aliphatic carbocycles. The summed E-state index contributed by atoms with van der Waals surface area (Å²) < 4.78 is 5.67. The Bertz CT molecular complexity index is 339. The van der Waals surface area contributed by atoms with Crippen molar-refractivity contribution in [2.24, 2.45) is 17.6 Å². The molecule has 1 aromatic heterocycles. The molecule has 2 N–H and O–H groups in total. The van der Waals surface area contributed by atoms with Crippen LogP contribution >= 0.6 is 0 Å². The van der Waals surface area contributed by atoms with Crippen LogP contribution in [-0.4, -0.2) is 16.7 Å². The monoisotopic (exact) mass is 207 g/mol. The maximum atomic E-state index is 5.67. The van der Waals surface area contributed by atoms with Crippen molar-refractivity contribution in [2.75, 3.05) is 6.54 Å². The number of hydrogen-bond acceptors (Lipinski definition) is 4. The summed E-state index contributed by atoms with van der Waals surface area (Å²) in [4.78, 5) is 0. The summed E-state index contributed by atoms with van der Waals surface area (Å²) in [5.74, 6) is 3.95. The predicted octanol–water partition coefficient (Wildman–Crippen LogP) is 1.47. The molecule has 0 radical (unpaired) electrons. The van der Waals surface area contributed by atoms with Crippen molar-refractivity contribution >= 4 is 0 Å². The van der Waals surface area contributed by atoms with Crippen molar-refractivity contribution in [3.63, 3.8) is 0 Å². The molecule has 3 rings (SSSR count). The molecule has 82 valence electrons. The lowest BCUT2D eigenvalue weighted by Crippen LogP contribution is -2.00. The predicted molar refractivity (Wildman–Crippen MR) is 55.2 cm³/mol. The lowest BCUT2D eigenvalue weighted by molar-refractivity contribution is 0.430. The number of aromatic nitrogens is 2. The van der Waals surface area contributed by atoms with Crippen LogP contribution in [0.2, 0.25) is 0 Å². The minimum Gasteiger partial charge on any atom is -0.425 e. The molecule has 0 aliphatic heterocycles. The van der Waals surface area contributed by atoms with E-state index in [9.17, 15) is 0 Å². The van der Waals surface area contributed by atoms with Crippen LogP contribution < -0.4 is 5.73 Å². The molecular weight excluding hydrogens is 190 g/mol. The molecule has 0 amide bonds. The third-order valence-electron chi connectivity index (χ3n) is 3.77. The van der Waals surface area contributed by atoms with Crippen molar-refractivity contribution in [3.8, 4) is 0 Å². The minimum absolute atomic E-state index is 0.595. The summed E-state index contributed by atoms with van der Waals surface area (Å²) in [5.41, 5.74) is 5.44. The molecule has 1 heterocycles. The zero-order chi connectivity index (χ0) is 10.3. The fourth-order valence-electron chi connectivity index (χ4n) is 2.94. The highest BCUT2D eigenvalue weighted by atomic mass is 16.4. The van der Waals surface area contributed by atoms with Crippen LogP contribution in [0, 0.1) is 11.8 Å². The van der Waals surface area contributed by atoms with Crippen molar-refractivity contribution in [1.82, 2.24) is 10.2 Å². The maximum Gasteiger partial charge on any atom is 0.220 e. The van der Waals surface area contributed by atoms with E-state index < -0.39 is 0 Å². The van der Waals surface area contributed by atoms with E-state index in [4.69, 9.17) is 10.2 Å². The highest BCUT2D eigenvalue weighted by Crippen LogP contribution is 2.62. The maximum absolute atomic E-state index is 5.67. The normalized spacial score (nSPS) is 33.0. The largest absolute Gasteiger partial charge is 0.425 e. The molecule has 4 nitrogen and oxygen atoms in total. The number of nitrogens with two attached hydrogens (primary N) is 1. The first-order chi connectivity index (χ1) is 7.40. The Hall–Kier alpha value is -0.900. The van der Waals surface area contributed by atoms with E-state index in [1.165, 1.54) is 19.3 Å². The fraction of sp³-hybridized carbons (Fsp3) is 0.818. The van der Waals surface area contributed by atoms with Gasteiger partial charge in [0.05, 0.1) is 0 Å². The first-order valence-electron chi connectivity index (χ1n) is 5.92. The van der Waals surface area contributed by atoms with E-state index in [0.29, 0.717) is 12.5 Å². The Morgan fingerprint density at radius 2 is 2.07 bits per heavy atom. The van der Waals surface area contributed by atoms with Gasteiger partial charge in [0, 0.05) is 12.3 Å². The average molecular weight is 207 g/mol. The summed E-state index contributed by atoms with van der Waals surface area (Å²) in [5, 5.41) is 8.23. The SMILES string of the molecule is NCCCc1nnc(C2C3CCCC32)o1. The molecule has 2 fully saturated rings. The number of rotatable bonds is 4. The first-order valence-corrected chi connectivity index (χ1v) is 5.92. The Kier molecular flexibility index (Phi) is 2.24. The third-order valence-corrected chi connectivity index (χ3v) is 3.77. The van der Waals surface area contributed by atoms with Crippen LogP contribution in [0.25, 0.3) is 0 Å². The van der Waals surface area contributed by atoms with E-state index in [-0.39, 0.29) is 0 Å². The van der Waals surface area contributed by atoms with E-state index >= 15 is 0 Å². The quantitative estimate of drug-likeness (QED) is 0.812. The molecule has 0 bridgehead atoms. The minimum atomic E-state index is 0.595. The second-order valence-corrected chi connectivity index (χ2v) is 4.71. The Morgan fingerprint density at radius 1 is 1.27 bits per heavy atom. The summed E-state index contributed by atoms with van der Waals surface area (Å²) in [6, 6.07) is 0. The zero-order valence-corrected chi connectivity index (χ0v) is 8.85. The molecule has 1 aromatic rings. The number of nitrogens with zero attached hydrogens (tertiary/aromatic N) is 2. The van der Waals surface area contributed by atoms with Crippen LogP contribution in [-0.2, 0) is 6.42 Å². The van der Waals surface area contributed by atoms with Gasteiger partial charge in [0.25, 0.3) is 0 Å². The van der Waals surface area contributed by atoms with E-state index in [1.54, 1.807) is 0 Å². The molecule has 0 saturated heterocycles. The van der Waals surface area contributed by atoms with Gasteiger partial charge < -0.3 is 10.2 Å². The van der Waals surface area contributed by atoms with Gasteiger partial charge in [0.2, 0.25) is 11.8 Å². The van der Waals surface area contributed by atoms with Gasteiger partial charge in [-0.15, -0.1) is 10.2 Å². The van der Waals surface area contributed by atoms with Crippen LogP contribution in [0.4, 0.5) is 0 Å². The van der Waals surface area contributed by atoms with Gasteiger partial charge in [-0.2, -0.15) is 0 Å². The van der Waals surface area contributed by atoms with Gasteiger partial charge in [-0.05, 0) is 37.6 Å². The van der Waals surface area contributed by atoms with Crippen LogP contribution in [0.1, 0.15) is 43.4 Å². The highest BCUT2D eigenvalue weighted by molar-refractivity contribution is 5.15. The van der Waals surface area contributed by atoms with Gasteiger partial charge >= 0.3 is 0 Å². The zero-order valence-electron chi connectivity index (χ0n) is 8.85. The third kappa shape index (κ3) is 1.57. The molecule has 15 heavy (non-hydrogen) atoms. The van der Waals surface area contributed by atoms with Gasteiger partial charge in [0.1, 0.15) is 0 Å². The standard InChI is InChI=1S/C11H17N3O/c12-6-2-5-9-13-14-11(15-9)10-7-3-1-4-8(7)10/h7-8,10H,1-6,12H2. The summed E-state index contributed by atoms with van der Waals surface area (Å²) in [6.45, 7) is 0.687. The van der Waals surface area contributed by atoms with Crippen LogP contribution in [0.3, 0.4) is 0 Å². The Labute approximate surface area is 89.2 Å². The van der Waals surface area contributed by atoms with Crippen molar-refractivity contribution < 1.29 is 4.42 Å². The molecule has 2 aliphatic rings. The van der Waals surface area contributed by atoms with Crippen molar-refractivity contribution in [2.45, 2.75) is 38.0 Å². The van der Waals surface area contributed by atoms with Crippen LogP contribution in [0.5, 0.6) is 0 Å². The molecule has 2 atom stereocenters. The second kappa shape index (κ2) is 3.59. The molecule has 2 unspecified atom stereocenters. The van der Waals surface area contributed by atoms with Gasteiger partial charge in [0.15, 0.2) is 0 Å². The van der Waals surface area contributed by atoms with Crippen LogP contribution in [0.15, 0.2) is 4.42 Å². The fourth-order valence-corrected chi connectivity index (χ4v) is 2.94. The molecular formula is C11H17N3O. The smallest absolute Gasteiger partial charge is 0.220 e. The summed E-state index contributed by atoms with van der Waals surface area (Å²) in [7, 11) is 0. The Balaban J connectivity index is 1.64. The van der Waals surface area contributed by atoms with Crippen molar-refractivity contribution in [3.05, 3.63) is 11.8 Å². The van der Waals surface area contributed by atoms with Gasteiger partial charge in [-0.1, -0.05) is 6.42 Å². The van der Waals surface area contributed by atoms with Gasteiger partial charge in [-0.25, -0.2) is 0 Å². The lowest BCUT2D eigenvalue weighted by atomic mass is 10.1. The van der Waals surface area contributed by atoms with Crippen molar-refractivity contribution in [1.29, 1.82) is 0 Å². The van der Waals surface area contributed by atoms with Gasteiger partial charge in [-0.3, -0.25) is 0 Å². The molecule has 2 saturated carbocycles. The lowest BCUT2D eigenvalue weighted by Gasteiger charge is -1.96. The van der Waals surface area contributed by atoms with E-state index in [2.05, 4.69) is 10.2 Å². The highest BCUT2D eigenvalue weighted by Gasteiger charge is 2.56. The second-order valence-electron chi connectivity index (χ2n) is 4.71. The van der Waals surface area contributed by atoms with E-state index in [1.807, 2.05) is 0 Å². The first kappa shape index (κ1) is 9.33. The number of hydrogen-bond donors (Lipinski definition) is 1.